The van der Waals surface area contributed by atoms with Crippen molar-refractivity contribution in [3.05, 3.63) is 34.9 Å². The molecule has 1 saturated heterocycles. The summed E-state index contributed by atoms with van der Waals surface area (Å²) in [7, 11) is 0. The molecule has 1 aliphatic heterocycles. The average molecular weight is 213 g/mol. The molecule has 74 valence electrons. The highest BCUT2D eigenvalue weighted by Crippen LogP contribution is 2.27. The Hall–Kier alpha value is -1.06. The number of cyclic esters (lactones) is 1. The number of rotatable bonds is 1. The molecule has 1 aromatic carbocycles. The van der Waals surface area contributed by atoms with Crippen LogP contribution in [0.2, 0.25) is 5.02 Å². The largest absolute Gasteiger partial charge is 0.463 e. The lowest BCUT2D eigenvalue weighted by atomic mass is 9.96. The molecule has 2 atom stereocenters. The van der Waals surface area contributed by atoms with Gasteiger partial charge in [0.05, 0.1) is 5.92 Å². The standard InChI is InChI=1S/C10H9ClO3/c11-7-3-1-6(2-4-7)8-5-14-10(13)9(8)12/h1-4,8-9,12H,5H2. The molecule has 1 heterocycles. The van der Waals surface area contributed by atoms with E-state index in [4.69, 9.17) is 16.3 Å². The highest BCUT2D eigenvalue weighted by atomic mass is 35.5. The molecule has 0 radical (unpaired) electrons. The van der Waals surface area contributed by atoms with Crippen LogP contribution < -0.4 is 0 Å². The van der Waals surface area contributed by atoms with Crippen LogP contribution in [0.4, 0.5) is 0 Å². The van der Waals surface area contributed by atoms with Crippen molar-refractivity contribution in [1.29, 1.82) is 0 Å². The van der Waals surface area contributed by atoms with E-state index >= 15 is 0 Å². The molecule has 1 fully saturated rings. The normalized spacial score (nSPS) is 26.3. The number of hydrogen-bond acceptors (Lipinski definition) is 3. The van der Waals surface area contributed by atoms with E-state index in [0.717, 1.165) is 5.56 Å². The number of aliphatic hydroxyl groups is 1. The Labute approximate surface area is 86.3 Å². The minimum atomic E-state index is -1.05. The van der Waals surface area contributed by atoms with E-state index in [2.05, 4.69) is 0 Å². The zero-order valence-electron chi connectivity index (χ0n) is 7.31. The smallest absolute Gasteiger partial charge is 0.335 e. The van der Waals surface area contributed by atoms with Crippen LogP contribution in [0.3, 0.4) is 0 Å². The van der Waals surface area contributed by atoms with Crippen molar-refractivity contribution < 1.29 is 14.6 Å². The summed E-state index contributed by atoms with van der Waals surface area (Å²) in [5.41, 5.74) is 0.868. The molecule has 0 aromatic heterocycles. The highest BCUT2D eigenvalue weighted by molar-refractivity contribution is 6.30. The number of halogens is 1. The van der Waals surface area contributed by atoms with Crippen LogP contribution in [0.25, 0.3) is 0 Å². The average Bonchev–Trinajstić information content (AvgIpc) is 2.50. The fraction of sp³-hybridized carbons (Fsp3) is 0.300. The quantitative estimate of drug-likeness (QED) is 0.715. The molecule has 1 aromatic rings. The number of hydrogen-bond donors (Lipinski definition) is 1. The van der Waals surface area contributed by atoms with E-state index in [-0.39, 0.29) is 12.5 Å². The van der Waals surface area contributed by atoms with Gasteiger partial charge in [0.15, 0.2) is 6.10 Å². The van der Waals surface area contributed by atoms with E-state index in [1.807, 2.05) is 0 Å². The Bertz CT molecular complexity index is 347. The van der Waals surface area contributed by atoms with Gasteiger partial charge in [-0.25, -0.2) is 4.79 Å². The van der Waals surface area contributed by atoms with Gasteiger partial charge in [0.1, 0.15) is 6.61 Å². The minimum Gasteiger partial charge on any atom is -0.463 e. The molecule has 2 unspecified atom stereocenters. The Kier molecular flexibility index (Phi) is 2.44. The minimum absolute atomic E-state index is 0.238. The first-order valence-electron chi connectivity index (χ1n) is 4.28. The molecule has 1 N–H and O–H groups in total. The molecular weight excluding hydrogens is 204 g/mol. The molecule has 2 rings (SSSR count). The monoisotopic (exact) mass is 212 g/mol. The zero-order chi connectivity index (χ0) is 10.1. The van der Waals surface area contributed by atoms with Crippen molar-refractivity contribution in [2.75, 3.05) is 6.61 Å². The maximum absolute atomic E-state index is 10.9. The topological polar surface area (TPSA) is 46.5 Å². The SMILES string of the molecule is O=C1OCC(c2ccc(Cl)cc2)C1O. The highest BCUT2D eigenvalue weighted by Gasteiger charge is 2.36. The first-order chi connectivity index (χ1) is 6.68. The molecule has 0 bridgehead atoms. The van der Waals surface area contributed by atoms with Gasteiger partial charge in [-0.05, 0) is 17.7 Å². The molecule has 0 saturated carbocycles. The third-order valence-electron chi connectivity index (χ3n) is 2.33. The number of aliphatic hydroxyl groups excluding tert-OH is 1. The molecule has 1 aliphatic rings. The zero-order valence-corrected chi connectivity index (χ0v) is 8.07. The number of esters is 1. The molecular formula is C10H9ClO3. The van der Waals surface area contributed by atoms with Crippen LogP contribution in [0.15, 0.2) is 24.3 Å². The van der Waals surface area contributed by atoms with Crippen molar-refractivity contribution >= 4 is 17.6 Å². The maximum atomic E-state index is 10.9. The number of ether oxygens (including phenoxy) is 1. The van der Waals surface area contributed by atoms with E-state index in [1.165, 1.54) is 0 Å². The Morgan fingerprint density at radius 3 is 2.50 bits per heavy atom. The van der Waals surface area contributed by atoms with Crippen LogP contribution in [-0.2, 0) is 9.53 Å². The summed E-state index contributed by atoms with van der Waals surface area (Å²) < 4.78 is 4.74. The van der Waals surface area contributed by atoms with Crippen molar-refractivity contribution in [3.63, 3.8) is 0 Å². The van der Waals surface area contributed by atoms with Gasteiger partial charge < -0.3 is 9.84 Å². The van der Waals surface area contributed by atoms with Crippen LogP contribution >= 0.6 is 11.6 Å². The van der Waals surface area contributed by atoms with Crippen molar-refractivity contribution in [2.24, 2.45) is 0 Å². The molecule has 4 heteroatoms. The van der Waals surface area contributed by atoms with Gasteiger partial charge in [0.2, 0.25) is 0 Å². The maximum Gasteiger partial charge on any atom is 0.335 e. The van der Waals surface area contributed by atoms with Crippen LogP contribution in [-0.4, -0.2) is 23.8 Å². The number of carbonyl (C=O) groups is 1. The van der Waals surface area contributed by atoms with Crippen LogP contribution in [0.1, 0.15) is 11.5 Å². The number of benzene rings is 1. The Balaban J connectivity index is 2.23. The summed E-state index contributed by atoms with van der Waals surface area (Å²) in [6, 6.07) is 7.04. The summed E-state index contributed by atoms with van der Waals surface area (Å²) in [6.45, 7) is 0.238. The Morgan fingerprint density at radius 2 is 2.00 bits per heavy atom. The summed E-state index contributed by atoms with van der Waals surface area (Å²) in [6.07, 6.45) is -1.05. The van der Waals surface area contributed by atoms with Gasteiger partial charge in [-0.1, -0.05) is 23.7 Å². The van der Waals surface area contributed by atoms with Gasteiger partial charge in [0.25, 0.3) is 0 Å². The van der Waals surface area contributed by atoms with E-state index in [0.29, 0.717) is 5.02 Å². The molecule has 3 nitrogen and oxygen atoms in total. The summed E-state index contributed by atoms with van der Waals surface area (Å²) in [5.74, 6) is -0.815. The van der Waals surface area contributed by atoms with Crippen LogP contribution in [0, 0.1) is 0 Å². The van der Waals surface area contributed by atoms with E-state index in [1.54, 1.807) is 24.3 Å². The lowest BCUT2D eigenvalue weighted by Crippen LogP contribution is -2.19. The predicted octanol–water partition coefficient (Wildman–Crippen LogP) is 1.34. The lowest BCUT2D eigenvalue weighted by molar-refractivity contribution is -0.144. The summed E-state index contributed by atoms with van der Waals surface area (Å²) >= 11 is 5.72. The molecule has 14 heavy (non-hydrogen) atoms. The number of carbonyl (C=O) groups excluding carboxylic acids is 1. The van der Waals surface area contributed by atoms with Crippen molar-refractivity contribution in [1.82, 2.24) is 0 Å². The second-order valence-electron chi connectivity index (χ2n) is 3.23. The molecule has 0 amide bonds. The van der Waals surface area contributed by atoms with Gasteiger partial charge in [-0.15, -0.1) is 0 Å². The van der Waals surface area contributed by atoms with Gasteiger partial charge in [-0.3, -0.25) is 0 Å². The van der Waals surface area contributed by atoms with Crippen LogP contribution in [0.5, 0.6) is 0 Å². The predicted molar refractivity (Wildman–Crippen MR) is 51.2 cm³/mol. The molecule has 0 aliphatic carbocycles. The summed E-state index contributed by atoms with van der Waals surface area (Å²) in [4.78, 5) is 10.9. The first-order valence-corrected chi connectivity index (χ1v) is 4.66. The summed E-state index contributed by atoms with van der Waals surface area (Å²) in [5, 5.41) is 10.1. The second-order valence-corrected chi connectivity index (χ2v) is 3.67. The van der Waals surface area contributed by atoms with Crippen molar-refractivity contribution in [3.8, 4) is 0 Å². The second kappa shape index (κ2) is 3.59. The fourth-order valence-electron chi connectivity index (χ4n) is 1.50. The lowest BCUT2D eigenvalue weighted by Gasteiger charge is -2.09. The van der Waals surface area contributed by atoms with Gasteiger partial charge in [-0.2, -0.15) is 0 Å². The van der Waals surface area contributed by atoms with Gasteiger partial charge >= 0.3 is 5.97 Å². The molecule has 0 spiro atoms. The third kappa shape index (κ3) is 1.61. The van der Waals surface area contributed by atoms with E-state index < -0.39 is 12.1 Å². The van der Waals surface area contributed by atoms with Crippen molar-refractivity contribution in [2.45, 2.75) is 12.0 Å². The first kappa shape index (κ1) is 9.49. The van der Waals surface area contributed by atoms with E-state index in [9.17, 15) is 9.90 Å². The Morgan fingerprint density at radius 1 is 1.36 bits per heavy atom. The third-order valence-corrected chi connectivity index (χ3v) is 2.58. The van der Waals surface area contributed by atoms with Gasteiger partial charge in [0, 0.05) is 5.02 Å². The fourth-order valence-corrected chi connectivity index (χ4v) is 1.63.